The van der Waals surface area contributed by atoms with Crippen molar-refractivity contribution in [1.82, 2.24) is 10.2 Å². The van der Waals surface area contributed by atoms with Gasteiger partial charge in [-0.1, -0.05) is 34.6 Å². The molecule has 1 saturated carbocycles. The predicted molar refractivity (Wildman–Crippen MR) is 78.8 cm³/mol. The molecule has 4 unspecified atom stereocenters. The Kier molecular flexibility index (Phi) is 4.38. The summed E-state index contributed by atoms with van der Waals surface area (Å²) in [6.45, 7) is 14.5. The van der Waals surface area contributed by atoms with E-state index in [-0.39, 0.29) is 0 Å². The second kappa shape index (κ2) is 5.50. The Bertz CT molecular complexity index is 274. The Morgan fingerprint density at radius 3 is 2.39 bits per heavy atom. The highest BCUT2D eigenvalue weighted by Gasteiger charge is 2.42. The van der Waals surface area contributed by atoms with Crippen LogP contribution in [0.5, 0.6) is 0 Å². The van der Waals surface area contributed by atoms with Gasteiger partial charge in [-0.15, -0.1) is 0 Å². The van der Waals surface area contributed by atoms with Crippen molar-refractivity contribution in [3.8, 4) is 0 Å². The van der Waals surface area contributed by atoms with Crippen LogP contribution in [0.25, 0.3) is 0 Å². The summed E-state index contributed by atoms with van der Waals surface area (Å²) in [5.74, 6) is 0.865. The highest BCUT2D eigenvalue weighted by atomic mass is 15.3. The SMILES string of the molecule is CCC1CN(C2CC(C)(C)CC2C)C(CC)CN1. The van der Waals surface area contributed by atoms with Crippen molar-refractivity contribution >= 4 is 0 Å². The second-order valence-corrected chi connectivity index (χ2v) is 7.39. The molecule has 2 nitrogen and oxygen atoms in total. The van der Waals surface area contributed by atoms with E-state index in [0.29, 0.717) is 11.5 Å². The van der Waals surface area contributed by atoms with E-state index in [4.69, 9.17) is 0 Å². The number of piperazine rings is 1. The summed E-state index contributed by atoms with van der Waals surface area (Å²) in [7, 11) is 0. The van der Waals surface area contributed by atoms with Crippen LogP contribution in [0.2, 0.25) is 0 Å². The summed E-state index contributed by atoms with van der Waals surface area (Å²) in [4.78, 5) is 2.85. The summed E-state index contributed by atoms with van der Waals surface area (Å²) in [6.07, 6.45) is 5.33. The molecule has 18 heavy (non-hydrogen) atoms. The van der Waals surface area contributed by atoms with Crippen molar-refractivity contribution < 1.29 is 0 Å². The molecule has 0 spiro atoms. The van der Waals surface area contributed by atoms with Gasteiger partial charge in [0.25, 0.3) is 0 Å². The smallest absolute Gasteiger partial charge is 0.0221 e. The first-order chi connectivity index (χ1) is 8.46. The quantitative estimate of drug-likeness (QED) is 0.829. The molecule has 4 atom stereocenters. The minimum absolute atomic E-state index is 0.551. The van der Waals surface area contributed by atoms with Gasteiger partial charge in [0.15, 0.2) is 0 Å². The van der Waals surface area contributed by atoms with Crippen molar-refractivity contribution in [2.24, 2.45) is 11.3 Å². The zero-order valence-electron chi connectivity index (χ0n) is 13.0. The van der Waals surface area contributed by atoms with Crippen molar-refractivity contribution in [3.05, 3.63) is 0 Å². The lowest BCUT2D eigenvalue weighted by atomic mass is 9.91. The largest absolute Gasteiger partial charge is 0.311 e. The Morgan fingerprint density at radius 2 is 1.89 bits per heavy atom. The topological polar surface area (TPSA) is 15.3 Å². The first-order valence-electron chi connectivity index (χ1n) is 7.96. The molecule has 0 aromatic heterocycles. The van der Waals surface area contributed by atoms with Gasteiger partial charge in [-0.05, 0) is 37.0 Å². The van der Waals surface area contributed by atoms with Crippen LogP contribution in [-0.4, -0.2) is 36.1 Å². The normalized spacial score (nSPS) is 41.2. The zero-order valence-corrected chi connectivity index (χ0v) is 13.0. The van der Waals surface area contributed by atoms with Crippen molar-refractivity contribution in [1.29, 1.82) is 0 Å². The molecular weight excluding hydrogens is 220 g/mol. The third kappa shape index (κ3) is 2.91. The maximum atomic E-state index is 3.72. The van der Waals surface area contributed by atoms with Gasteiger partial charge in [0.1, 0.15) is 0 Å². The average Bonchev–Trinajstić information content (AvgIpc) is 2.61. The summed E-state index contributed by atoms with van der Waals surface area (Å²) in [6, 6.07) is 2.29. The van der Waals surface area contributed by atoms with Crippen LogP contribution >= 0.6 is 0 Å². The molecule has 0 radical (unpaired) electrons. The zero-order chi connectivity index (χ0) is 13.3. The first-order valence-corrected chi connectivity index (χ1v) is 7.96. The van der Waals surface area contributed by atoms with Gasteiger partial charge in [-0.2, -0.15) is 0 Å². The molecule has 2 fully saturated rings. The van der Waals surface area contributed by atoms with Gasteiger partial charge in [-0.3, -0.25) is 4.90 Å². The second-order valence-electron chi connectivity index (χ2n) is 7.39. The van der Waals surface area contributed by atoms with Crippen molar-refractivity contribution in [2.45, 2.75) is 78.4 Å². The number of rotatable bonds is 3. The minimum Gasteiger partial charge on any atom is -0.311 e. The molecule has 1 aliphatic heterocycles. The van der Waals surface area contributed by atoms with Crippen LogP contribution < -0.4 is 5.32 Å². The molecule has 2 rings (SSSR count). The molecule has 0 aromatic rings. The lowest BCUT2D eigenvalue weighted by molar-refractivity contribution is 0.0598. The molecule has 106 valence electrons. The molecule has 1 N–H and O–H groups in total. The average molecular weight is 252 g/mol. The number of nitrogens with one attached hydrogen (secondary N) is 1. The molecule has 1 saturated heterocycles. The Morgan fingerprint density at radius 1 is 1.17 bits per heavy atom. The summed E-state index contributed by atoms with van der Waals surface area (Å²) in [5, 5.41) is 3.72. The first kappa shape index (κ1) is 14.3. The Labute approximate surface area is 114 Å². The summed E-state index contributed by atoms with van der Waals surface area (Å²) < 4.78 is 0. The molecule has 2 heteroatoms. The van der Waals surface area contributed by atoms with Crippen molar-refractivity contribution in [2.75, 3.05) is 13.1 Å². The molecule has 2 aliphatic rings. The molecule has 0 aromatic carbocycles. The van der Waals surface area contributed by atoms with Gasteiger partial charge < -0.3 is 5.32 Å². The summed E-state index contributed by atoms with van der Waals surface area (Å²) in [5.41, 5.74) is 0.551. The maximum Gasteiger partial charge on any atom is 0.0221 e. The van der Waals surface area contributed by atoms with Crippen molar-refractivity contribution in [3.63, 3.8) is 0 Å². The predicted octanol–water partition coefficient (Wildman–Crippen LogP) is 3.27. The van der Waals surface area contributed by atoms with Gasteiger partial charge in [0.2, 0.25) is 0 Å². The standard InChI is InChI=1S/C16H32N2/c1-6-13-11-18(14(7-2)10-17-13)15-9-16(4,5)8-12(15)3/h12-15,17H,6-11H2,1-5H3. The highest BCUT2D eigenvalue weighted by molar-refractivity contribution is 4.97. The molecule has 0 bridgehead atoms. The summed E-state index contributed by atoms with van der Waals surface area (Å²) >= 11 is 0. The van der Waals surface area contributed by atoms with Crippen LogP contribution in [0.1, 0.15) is 60.3 Å². The van der Waals surface area contributed by atoms with Gasteiger partial charge in [-0.25, -0.2) is 0 Å². The number of hydrogen-bond donors (Lipinski definition) is 1. The van der Waals surface area contributed by atoms with E-state index < -0.39 is 0 Å². The monoisotopic (exact) mass is 252 g/mol. The Hall–Kier alpha value is -0.0800. The van der Waals surface area contributed by atoms with E-state index in [0.717, 1.165) is 18.0 Å². The van der Waals surface area contributed by atoms with Crippen LogP contribution in [0.4, 0.5) is 0 Å². The van der Waals surface area contributed by atoms with E-state index in [1.165, 1.54) is 38.8 Å². The fourth-order valence-corrected chi connectivity index (χ4v) is 4.25. The van der Waals surface area contributed by atoms with E-state index in [1.807, 2.05) is 0 Å². The minimum atomic E-state index is 0.551. The van der Waals surface area contributed by atoms with E-state index in [1.54, 1.807) is 0 Å². The van der Waals surface area contributed by atoms with Gasteiger partial charge in [0.05, 0.1) is 0 Å². The molecule has 1 heterocycles. The molecule has 1 aliphatic carbocycles. The van der Waals surface area contributed by atoms with Gasteiger partial charge in [0, 0.05) is 31.2 Å². The van der Waals surface area contributed by atoms with E-state index >= 15 is 0 Å². The number of hydrogen-bond acceptors (Lipinski definition) is 2. The number of nitrogens with zero attached hydrogens (tertiary/aromatic N) is 1. The van der Waals surface area contributed by atoms with E-state index in [9.17, 15) is 0 Å². The lowest BCUT2D eigenvalue weighted by Crippen LogP contribution is -2.59. The fraction of sp³-hybridized carbons (Fsp3) is 1.00. The van der Waals surface area contributed by atoms with Crippen LogP contribution in [0.3, 0.4) is 0 Å². The third-order valence-electron chi connectivity index (χ3n) is 5.23. The lowest BCUT2D eigenvalue weighted by Gasteiger charge is -2.45. The molecule has 0 amide bonds. The van der Waals surface area contributed by atoms with Gasteiger partial charge >= 0.3 is 0 Å². The highest BCUT2D eigenvalue weighted by Crippen LogP contribution is 2.44. The Balaban J connectivity index is 2.08. The molecular formula is C16H32N2. The third-order valence-corrected chi connectivity index (χ3v) is 5.23. The van der Waals surface area contributed by atoms with Crippen LogP contribution in [0, 0.1) is 11.3 Å². The van der Waals surface area contributed by atoms with Crippen LogP contribution in [0.15, 0.2) is 0 Å². The maximum absolute atomic E-state index is 3.72. The van der Waals surface area contributed by atoms with E-state index in [2.05, 4.69) is 44.8 Å². The fourth-order valence-electron chi connectivity index (χ4n) is 4.25. The van der Waals surface area contributed by atoms with Crippen LogP contribution in [-0.2, 0) is 0 Å².